The second kappa shape index (κ2) is 10.9. The molecule has 6 heteroatoms. The fourth-order valence-electron chi connectivity index (χ4n) is 1.72. The third kappa shape index (κ3) is 6.66. The van der Waals surface area contributed by atoms with Crippen LogP contribution in [-0.2, 0) is 42.3 Å². The molecular weight excluding hydrogens is 348 g/mol. The Morgan fingerprint density at radius 2 is 1.95 bits per heavy atom. The largest absolute Gasteiger partial charge is 0.374 e. The van der Waals surface area contributed by atoms with Gasteiger partial charge in [0.2, 0.25) is 11.8 Å². The van der Waals surface area contributed by atoms with E-state index in [1.165, 1.54) is 6.07 Å². The first-order chi connectivity index (χ1) is 9.06. The van der Waals surface area contributed by atoms with E-state index in [9.17, 15) is 14.0 Å². The standard InChI is InChI=1S/C12H13FN2O2.C2H6.CH3.Y.2H2/c1-7-2-3-8(6-9(7)13)14-10-4-5-11(16)15-12(10)17;1-2;;;;/h2-3,6,10,14H,4-5H2,1H3,(H,15,16,17);1-2H3;1H3;;2*1H/q;;-1;;;. The molecule has 1 aliphatic rings. The van der Waals surface area contributed by atoms with Crippen LogP contribution >= 0.6 is 0 Å². The number of nitrogens with one attached hydrogen (secondary N) is 2. The molecule has 1 aliphatic heterocycles. The summed E-state index contributed by atoms with van der Waals surface area (Å²) in [4.78, 5) is 22.4. The molecule has 1 heterocycles. The predicted octanol–water partition coefficient (Wildman–Crippen LogP) is 3.32. The second-order valence-electron chi connectivity index (χ2n) is 4.11. The average molecular weight is 374 g/mol. The summed E-state index contributed by atoms with van der Waals surface area (Å²) in [6.45, 7) is 5.67. The van der Waals surface area contributed by atoms with Crippen molar-refractivity contribution in [2.45, 2.75) is 39.7 Å². The summed E-state index contributed by atoms with van der Waals surface area (Å²) in [7, 11) is 0. The number of hydrogen-bond acceptors (Lipinski definition) is 3. The van der Waals surface area contributed by atoms with E-state index in [0.29, 0.717) is 24.1 Å². The fourth-order valence-corrected chi connectivity index (χ4v) is 1.72. The maximum absolute atomic E-state index is 13.3. The van der Waals surface area contributed by atoms with Gasteiger partial charge in [0, 0.05) is 47.7 Å². The zero-order chi connectivity index (χ0) is 14.4. The monoisotopic (exact) mass is 374 g/mol. The third-order valence-corrected chi connectivity index (χ3v) is 2.75. The van der Waals surface area contributed by atoms with Gasteiger partial charge in [0.25, 0.3) is 0 Å². The molecule has 2 rings (SSSR count). The molecule has 2 amide bonds. The van der Waals surface area contributed by atoms with Gasteiger partial charge in [-0.05, 0) is 31.0 Å². The van der Waals surface area contributed by atoms with Crippen LogP contribution in [0.4, 0.5) is 10.1 Å². The van der Waals surface area contributed by atoms with Gasteiger partial charge in [-0.2, -0.15) is 0 Å². The molecule has 1 radical (unpaired) electrons. The number of anilines is 1. The van der Waals surface area contributed by atoms with Crippen molar-refractivity contribution < 1.29 is 49.5 Å². The molecular formula is C15H26FN2O2Y-. The zero-order valence-electron chi connectivity index (χ0n) is 13.0. The Morgan fingerprint density at radius 3 is 2.48 bits per heavy atom. The number of imide groups is 1. The fraction of sp³-hybridized carbons (Fsp3) is 0.400. The van der Waals surface area contributed by atoms with Gasteiger partial charge in [-0.3, -0.25) is 14.9 Å². The summed E-state index contributed by atoms with van der Waals surface area (Å²) in [5.74, 6) is -0.937. The van der Waals surface area contributed by atoms with Crippen LogP contribution in [0.2, 0.25) is 0 Å². The molecule has 1 unspecified atom stereocenters. The molecule has 1 aromatic carbocycles. The van der Waals surface area contributed by atoms with Gasteiger partial charge in [-0.25, -0.2) is 4.39 Å². The number of rotatable bonds is 2. The minimum atomic E-state index is -0.477. The Bertz CT molecular complexity index is 491. The zero-order valence-corrected chi connectivity index (χ0v) is 15.8. The first kappa shape index (κ1) is 22.5. The Morgan fingerprint density at radius 1 is 1.33 bits per heavy atom. The molecule has 0 saturated carbocycles. The van der Waals surface area contributed by atoms with Gasteiger partial charge in [0.15, 0.2) is 0 Å². The van der Waals surface area contributed by atoms with Crippen molar-refractivity contribution in [3.05, 3.63) is 37.0 Å². The summed E-state index contributed by atoms with van der Waals surface area (Å²) in [6.07, 6.45) is 0.734. The number of carbonyl (C=O) groups excluding carboxylic acids is 2. The van der Waals surface area contributed by atoms with Crippen LogP contribution in [0.1, 0.15) is 35.1 Å². The van der Waals surface area contributed by atoms with Gasteiger partial charge in [0.1, 0.15) is 11.9 Å². The van der Waals surface area contributed by atoms with E-state index < -0.39 is 6.04 Å². The molecule has 1 atom stereocenters. The number of hydrogen-bond donors (Lipinski definition) is 2. The molecule has 0 aromatic heterocycles. The van der Waals surface area contributed by atoms with E-state index >= 15 is 0 Å². The van der Waals surface area contributed by atoms with E-state index in [1.54, 1.807) is 19.1 Å². The van der Waals surface area contributed by atoms with E-state index in [0.717, 1.165) is 0 Å². The number of amides is 2. The molecule has 1 fully saturated rings. The Labute approximate surface area is 154 Å². The Hall–Kier alpha value is -0.806. The Kier molecular flexibility index (Phi) is 11.6. The van der Waals surface area contributed by atoms with Crippen molar-refractivity contribution in [1.82, 2.24) is 5.32 Å². The van der Waals surface area contributed by atoms with Crippen LogP contribution in [0.25, 0.3) is 0 Å². The number of benzene rings is 1. The molecule has 119 valence electrons. The van der Waals surface area contributed by atoms with Gasteiger partial charge in [-0.1, -0.05) is 19.9 Å². The van der Waals surface area contributed by atoms with Gasteiger partial charge >= 0.3 is 0 Å². The Balaban J connectivity index is -0.000000290. The number of piperidine rings is 1. The van der Waals surface area contributed by atoms with Crippen molar-refractivity contribution in [2.24, 2.45) is 0 Å². The summed E-state index contributed by atoms with van der Waals surface area (Å²) in [5.41, 5.74) is 1.10. The van der Waals surface area contributed by atoms with Crippen LogP contribution in [0.5, 0.6) is 0 Å². The topological polar surface area (TPSA) is 58.2 Å². The van der Waals surface area contributed by atoms with Crippen LogP contribution < -0.4 is 10.6 Å². The van der Waals surface area contributed by atoms with Crippen molar-refractivity contribution >= 4 is 17.5 Å². The smallest absolute Gasteiger partial charge is 0.249 e. The van der Waals surface area contributed by atoms with Gasteiger partial charge in [0.05, 0.1) is 0 Å². The van der Waals surface area contributed by atoms with Gasteiger partial charge in [-0.15, -0.1) is 0 Å². The molecule has 2 N–H and O–H groups in total. The summed E-state index contributed by atoms with van der Waals surface area (Å²) < 4.78 is 13.3. The van der Waals surface area contributed by atoms with Crippen molar-refractivity contribution in [3.8, 4) is 0 Å². The summed E-state index contributed by atoms with van der Waals surface area (Å²) in [5, 5.41) is 5.16. The molecule has 0 spiro atoms. The molecule has 4 nitrogen and oxygen atoms in total. The van der Waals surface area contributed by atoms with Crippen molar-refractivity contribution in [3.63, 3.8) is 0 Å². The molecule has 0 bridgehead atoms. The quantitative estimate of drug-likeness (QED) is 0.617. The molecule has 21 heavy (non-hydrogen) atoms. The van der Waals surface area contributed by atoms with Crippen molar-refractivity contribution in [1.29, 1.82) is 0 Å². The molecule has 1 aromatic rings. The second-order valence-corrected chi connectivity index (χ2v) is 4.11. The minimum absolute atomic E-state index is 0. The van der Waals surface area contributed by atoms with E-state index in [-0.39, 0.29) is 60.6 Å². The predicted molar refractivity (Wildman–Crippen MR) is 82.9 cm³/mol. The maximum atomic E-state index is 13.3. The number of carbonyl (C=O) groups is 2. The van der Waals surface area contributed by atoms with Gasteiger partial charge < -0.3 is 12.7 Å². The van der Waals surface area contributed by atoms with Crippen LogP contribution in [0.3, 0.4) is 0 Å². The first-order valence-corrected chi connectivity index (χ1v) is 6.42. The number of halogens is 1. The van der Waals surface area contributed by atoms with E-state index in [2.05, 4.69) is 10.6 Å². The molecule has 1 saturated heterocycles. The minimum Gasteiger partial charge on any atom is -0.374 e. The van der Waals surface area contributed by atoms with Crippen LogP contribution in [-0.4, -0.2) is 17.9 Å². The SMILES string of the molecule is CC.Cc1ccc(NC2CCC(=O)NC2=O)cc1F.[CH3-].[HH].[HH].[Y]. The van der Waals surface area contributed by atoms with E-state index in [1.807, 2.05) is 13.8 Å². The summed E-state index contributed by atoms with van der Waals surface area (Å²) in [6, 6.07) is 4.22. The average Bonchev–Trinajstić information content (AvgIpc) is 2.39. The van der Waals surface area contributed by atoms with Crippen LogP contribution in [0.15, 0.2) is 18.2 Å². The molecule has 0 aliphatic carbocycles. The normalized spacial score (nSPS) is 16.5. The first-order valence-electron chi connectivity index (χ1n) is 6.42. The summed E-state index contributed by atoms with van der Waals surface area (Å²) >= 11 is 0. The van der Waals surface area contributed by atoms with Crippen LogP contribution in [0, 0.1) is 20.2 Å². The number of aryl methyl sites for hydroxylation is 1. The third-order valence-electron chi connectivity index (χ3n) is 2.75. The maximum Gasteiger partial charge on any atom is 0.249 e. The van der Waals surface area contributed by atoms with Crippen molar-refractivity contribution in [2.75, 3.05) is 5.32 Å². The van der Waals surface area contributed by atoms with E-state index in [4.69, 9.17) is 0 Å².